The molecule has 0 radical (unpaired) electrons. The predicted octanol–water partition coefficient (Wildman–Crippen LogP) is 1.57. The maximum atomic E-state index is 11.7. The Morgan fingerprint density at radius 2 is 2.33 bits per heavy atom. The van der Waals surface area contributed by atoms with Crippen molar-refractivity contribution in [3.05, 3.63) is 36.0 Å². The summed E-state index contributed by atoms with van der Waals surface area (Å²) in [6, 6.07) is 7.85. The third kappa shape index (κ3) is 4.36. The van der Waals surface area contributed by atoms with Crippen LogP contribution in [-0.4, -0.2) is 23.4 Å². The number of benzene rings is 1. The minimum absolute atomic E-state index is 0.0375. The van der Waals surface area contributed by atoms with Crippen LogP contribution in [0.25, 0.3) is 0 Å². The van der Waals surface area contributed by atoms with E-state index < -0.39 is 5.91 Å². The number of phenols is 1. The van der Waals surface area contributed by atoms with Gasteiger partial charge in [-0.15, -0.1) is 11.6 Å². The van der Waals surface area contributed by atoms with Gasteiger partial charge >= 0.3 is 0 Å². The number of nitrogens with zero attached hydrogens (tertiary/aromatic N) is 1. The molecule has 0 bridgehead atoms. The van der Waals surface area contributed by atoms with Crippen molar-refractivity contribution in [2.75, 3.05) is 17.7 Å². The van der Waals surface area contributed by atoms with E-state index in [2.05, 4.69) is 10.6 Å². The Morgan fingerprint density at radius 1 is 1.56 bits per heavy atom. The molecule has 1 aromatic rings. The molecule has 0 aliphatic rings. The van der Waals surface area contributed by atoms with Crippen LogP contribution >= 0.6 is 11.6 Å². The van der Waals surface area contributed by atoms with Crippen molar-refractivity contribution < 1.29 is 9.90 Å². The Bertz CT molecular complexity index is 494. The Morgan fingerprint density at radius 3 is 2.94 bits per heavy atom. The number of rotatable bonds is 5. The molecule has 5 nitrogen and oxygen atoms in total. The monoisotopic (exact) mass is 265 g/mol. The van der Waals surface area contributed by atoms with E-state index >= 15 is 0 Å². The van der Waals surface area contributed by atoms with E-state index in [1.807, 2.05) is 0 Å². The molecule has 0 unspecified atom stereocenters. The molecule has 0 aliphatic heterocycles. The van der Waals surface area contributed by atoms with Gasteiger partial charge in [0.1, 0.15) is 17.4 Å². The second-order valence-electron chi connectivity index (χ2n) is 3.32. The average molecular weight is 266 g/mol. The zero-order valence-corrected chi connectivity index (χ0v) is 10.2. The number of carbonyl (C=O) groups excluding carboxylic acids is 1. The molecule has 1 amide bonds. The van der Waals surface area contributed by atoms with Gasteiger partial charge in [0.05, 0.1) is 0 Å². The SMILES string of the molecule is N#C/C(=C/NCCCl)C(=O)Nc1cccc(O)c1. The molecule has 0 aromatic heterocycles. The fourth-order valence-electron chi connectivity index (χ4n) is 1.16. The van der Waals surface area contributed by atoms with Crippen molar-refractivity contribution in [2.45, 2.75) is 0 Å². The third-order valence-corrected chi connectivity index (χ3v) is 2.14. The van der Waals surface area contributed by atoms with Crippen LogP contribution in [0.3, 0.4) is 0 Å². The number of nitriles is 1. The molecule has 6 heteroatoms. The van der Waals surface area contributed by atoms with Crippen molar-refractivity contribution in [2.24, 2.45) is 0 Å². The normalized spacial score (nSPS) is 10.6. The van der Waals surface area contributed by atoms with Crippen LogP contribution in [0.15, 0.2) is 36.0 Å². The largest absolute Gasteiger partial charge is 0.508 e. The number of aromatic hydroxyl groups is 1. The number of anilines is 1. The summed E-state index contributed by atoms with van der Waals surface area (Å²) in [4.78, 5) is 11.7. The first-order chi connectivity index (χ1) is 8.67. The Hall–Kier alpha value is -2.19. The van der Waals surface area contributed by atoms with E-state index in [1.54, 1.807) is 18.2 Å². The summed E-state index contributed by atoms with van der Waals surface area (Å²) < 4.78 is 0. The first-order valence-electron chi connectivity index (χ1n) is 5.17. The summed E-state index contributed by atoms with van der Waals surface area (Å²) >= 11 is 5.45. The molecule has 0 fully saturated rings. The van der Waals surface area contributed by atoms with Crippen LogP contribution in [0.2, 0.25) is 0 Å². The maximum absolute atomic E-state index is 11.7. The van der Waals surface area contributed by atoms with Gasteiger partial charge in [-0.1, -0.05) is 6.07 Å². The summed E-state index contributed by atoms with van der Waals surface area (Å²) in [6.45, 7) is 0.464. The quantitative estimate of drug-likeness (QED) is 0.326. The lowest BCUT2D eigenvalue weighted by molar-refractivity contribution is -0.112. The highest BCUT2D eigenvalue weighted by atomic mass is 35.5. The molecule has 0 spiro atoms. The topological polar surface area (TPSA) is 85.2 Å². The molecule has 94 valence electrons. The van der Waals surface area contributed by atoms with Gasteiger partial charge in [-0.3, -0.25) is 4.79 Å². The predicted molar refractivity (Wildman–Crippen MR) is 69.2 cm³/mol. The molecule has 0 aliphatic carbocycles. The summed E-state index contributed by atoms with van der Waals surface area (Å²) in [6.07, 6.45) is 1.31. The zero-order valence-electron chi connectivity index (χ0n) is 9.48. The van der Waals surface area contributed by atoms with Crippen molar-refractivity contribution in [1.82, 2.24) is 5.32 Å². The van der Waals surface area contributed by atoms with Crippen molar-refractivity contribution in [3.63, 3.8) is 0 Å². The third-order valence-electron chi connectivity index (χ3n) is 1.95. The van der Waals surface area contributed by atoms with Gasteiger partial charge in [0.25, 0.3) is 5.91 Å². The summed E-state index contributed by atoms with van der Waals surface area (Å²) in [5.74, 6) is -0.135. The van der Waals surface area contributed by atoms with E-state index in [-0.39, 0.29) is 11.3 Å². The van der Waals surface area contributed by atoms with E-state index in [0.29, 0.717) is 18.1 Å². The lowest BCUT2D eigenvalue weighted by Crippen LogP contribution is -2.17. The summed E-state index contributed by atoms with van der Waals surface area (Å²) in [7, 11) is 0. The smallest absolute Gasteiger partial charge is 0.267 e. The van der Waals surface area contributed by atoms with Crippen LogP contribution in [0, 0.1) is 11.3 Å². The van der Waals surface area contributed by atoms with Gasteiger partial charge in [-0.25, -0.2) is 0 Å². The van der Waals surface area contributed by atoms with Gasteiger partial charge in [0, 0.05) is 30.4 Å². The molecule has 1 rings (SSSR count). The lowest BCUT2D eigenvalue weighted by atomic mass is 10.2. The zero-order chi connectivity index (χ0) is 13.4. The number of hydrogen-bond donors (Lipinski definition) is 3. The highest BCUT2D eigenvalue weighted by Crippen LogP contribution is 2.15. The number of hydrogen-bond acceptors (Lipinski definition) is 4. The van der Waals surface area contributed by atoms with Crippen LogP contribution in [-0.2, 0) is 4.79 Å². The molecule has 18 heavy (non-hydrogen) atoms. The molecule has 3 N–H and O–H groups in total. The average Bonchev–Trinajstić information content (AvgIpc) is 2.34. The first-order valence-corrected chi connectivity index (χ1v) is 5.71. The number of halogens is 1. The molecule has 0 atom stereocenters. The number of amides is 1. The summed E-state index contributed by atoms with van der Waals surface area (Å²) in [5, 5.41) is 23.3. The Labute approximate surface area is 110 Å². The number of carbonyl (C=O) groups is 1. The van der Waals surface area contributed by atoms with E-state index in [1.165, 1.54) is 18.3 Å². The molecular weight excluding hydrogens is 254 g/mol. The Balaban J connectivity index is 2.69. The van der Waals surface area contributed by atoms with Gasteiger partial charge in [0.2, 0.25) is 0 Å². The van der Waals surface area contributed by atoms with Gasteiger partial charge in [-0.2, -0.15) is 5.26 Å². The van der Waals surface area contributed by atoms with E-state index in [4.69, 9.17) is 16.9 Å². The summed E-state index contributed by atoms with van der Waals surface area (Å²) in [5.41, 5.74) is 0.349. The minimum atomic E-state index is -0.551. The number of alkyl halides is 1. The van der Waals surface area contributed by atoms with Gasteiger partial charge in [-0.05, 0) is 12.1 Å². The second kappa shape index (κ2) is 7.20. The molecule has 0 saturated heterocycles. The van der Waals surface area contributed by atoms with Crippen molar-refractivity contribution in [3.8, 4) is 11.8 Å². The highest BCUT2D eigenvalue weighted by molar-refractivity contribution is 6.18. The number of nitrogens with one attached hydrogen (secondary N) is 2. The fraction of sp³-hybridized carbons (Fsp3) is 0.167. The Kier molecular flexibility index (Phi) is 5.55. The second-order valence-corrected chi connectivity index (χ2v) is 3.70. The fourth-order valence-corrected chi connectivity index (χ4v) is 1.27. The highest BCUT2D eigenvalue weighted by Gasteiger charge is 2.09. The van der Waals surface area contributed by atoms with E-state index in [0.717, 1.165) is 0 Å². The van der Waals surface area contributed by atoms with Crippen molar-refractivity contribution >= 4 is 23.2 Å². The van der Waals surface area contributed by atoms with Crippen LogP contribution in [0.4, 0.5) is 5.69 Å². The molecule has 0 heterocycles. The first kappa shape index (κ1) is 13.9. The van der Waals surface area contributed by atoms with Crippen LogP contribution in [0.1, 0.15) is 0 Å². The van der Waals surface area contributed by atoms with Crippen molar-refractivity contribution in [1.29, 1.82) is 5.26 Å². The lowest BCUT2D eigenvalue weighted by Gasteiger charge is -2.04. The van der Waals surface area contributed by atoms with E-state index in [9.17, 15) is 9.90 Å². The van der Waals surface area contributed by atoms with Gasteiger partial charge < -0.3 is 15.7 Å². The number of phenolic OH excluding ortho intramolecular Hbond substituents is 1. The molecule has 1 aromatic carbocycles. The molecule has 0 saturated carbocycles. The van der Waals surface area contributed by atoms with Gasteiger partial charge in [0.15, 0.2) is 0 Å². The van der Waals surface area contributed by atoms with Crippen LogP contribution in [0.5, 0.6) is 5.75 Å². The molecular formula is C12H12ClN3O2. The maximum Gasteiger partial charge on any atom is 0.267 e. The minimum Gasteiger partial charge on any atom is -0.508 e. The standard InChI is InChI=1S/C12H12ClN3O2/c13-4-5-15-8-9(7-14)12(18)16-10-2-1-3-11(17)6-10/h1-3,6,8,15,17H,4-5H2,(H,16,18)/b9-8-. The van der Waals surface area contributed by atoms with Crippen LogP contribution < -0.4 is 10.6 Å².